The molecular weight excluding hydrogens is 307 g/mol. The van der Waals surface area contributed by atoms with E-state index in [-0.39, 0.29) is 11.6 Å². The van der Waals surface area contributed by atoms with Crippen LogP contribution in [0.3, 0.4) is 0 Å². The summed E-state index contributed by atoms with van der Waals surface area (Å²) in [5, 5.41) is 3.46. The van der Waals surface area contributed by atoms with Crippen molar-refractivity contribution in [2.75, 3.05) is 7.05 Å². The molecule has 20 heavy (non-hydrogen) atoms. The molecule has 0 amide bonds. The molecule has 0 atom stereocenters. The molecular formula is C12H12ClFN2O3S. The lowest BCUT2D eigenvalue weighted by molar-refractivity contribution is 0.377. The fourth-order valence-electron chi connectivity index (χ4n) is 1.66. The van der Waals surface area contributed by atoms with Crippen LogP contribution in [-0.2, 0) is 16.6 Å². The van der Waals surface area contributed by atoms with Crippen molar-refractivity contribution in [1.82, 2.24) is 9.46 Å². The molecule has 0 N–H and O–H groups in total. The number of benzene rings is 1. The topological polar surface area (TPSA) is 63.4 Å². The normalized spacial score (nSPS) is 12.1. The molecule has 2 aromatic rings. The fourth-order valence-corrected chi connectivity index (χ4v) is 3.11. The lowest BCUT2D eigenvalue weighted by Crippen LogP contribution is -2.27. The van der Waals surface area contributed by atoms with Gasteiger partial charge in [-0.15, -0.1) is 0 Å². The molecule has 5 nitrogen and oxygen atoms in total. The monoisotopic (exact) mass is 318 g/mol. The highest BCUT2D eigenvalue weighted by Gasteiger charge is 2.26. The van der Waals surface area contributed by atoms with Crippen molar-refractivity contribution in [3.05, 3.63) is 46.6 Å². The first-order valence-corrected chi connectivity index (χ1v) is 7.46. The maximum Gasteiger partial charge on any atom is 0.246 e. The first-order valence-electron chi connectivity index (χ1n) is 5.65. The van der Waals surface area contributed by atoms with Gasteiger partial charge in [0.25, 0.3) is 0 Å². The third-order valence-electron chi connectivity index (χ3n) is 2.67. The number of halogens is 2. The highest BCUT2D eigenvalue weighted by Crippen LogP contribution is 2.24. The molecule has 0 spiro atoms. The number of hydrogen-bond donors (Lipinski definition) is 0. The first kappa shape index (κ1) is 15.0. The number of rotatable bonds is 4. The molecule has 0 fully saturated rings. The van der Waals surface area contributed by atoms with Crippen molar-refractivity contribution in [2.24, 2.45) is 0 Å². The summed E-state index contributed by atoms with van der Waals surface area (Å²) in [4.78, 5) is -0.465. The van der Waals surface area contributed by atoms with Gasteiger partial charge >= 0.3 is 0 Å². The Morgan fingerprint density at radius 2 is 2.15 bits per heavy atom. The quantitative estimate of drug-likeness (QED) is 0.869. The number of aryl methyl sites for hydroxylation is 1. The van der Waals surface area contributed by atoms with Gasteiger partial charge in [0.05, 0.1) is 17.3 Å². The maximum atomic E-state index is 13.8. The van der Waals surface area contributed by atoms with Gasteiger partial charge in [0, 0.05) is 13.1 Å². The lowest BCUT2D eigenvalue weighted by atomic mass is 10.3. The summed E-state index contributed by atoms with van der Waals surface area (Å²) in [5.74, 6) is -0.392. The van der Waals surface area contributed by atoms with E-state index >= 15 is 0 Å². The van der Waals surface area contributed by atoms with E-state index in [1.807, 2.05) is 0 Å². The largest absolute Gasteiger partial charge is 0.361 e. The standard InChI is InChI=1S/C12H12ClFN2O3S/c1-8-6-9(15-19-8)7-16(2)20(17,18)11-5-3-4-10(13)12(11)14/h3-6H,7H2,1-2H3. The van der Waals surface area contributed by atoms with Crippen LogP contribution in [0.1, 0.15) is 11.5 Å². The first-order chi connectivity index (χ1) is 9.32. The number of nitrogens with zero attached hydrogens (tertiary/aromatic N) is 2. The van der Waals surface area contributed by atoms with E-state index in [4.69, 9.17) is 16.1 Å². The molecule has 0 unspecified atom stereocenters. The minimum absolute atomic E-state index is 0.0222. The fraction of sp³-hybridized carbons (Fsp3) is 0.250. The molecule has 0 aliphatic heterocycles. The average molecular weight is 319 g/mol. The molecule has 2 rings (SSSR count). The minimum Gasteiger partial charge on any atom is -0.361 e. The van der Waals surface area contributed by atoms with Gasteiger partial charge in [0.15, 0.2) is 5.82 Å². The summed E-state index contributed by atoms with van der Waals surface area (Å²) in [6, 6.07) is 5.45. The van der Waals surface area contributed by atoms with Gasteiger partial charge in [0.2, 0.25) is 10.0 Å². The summed E-state index contributed by atoms with van der Waals surface area (Å²) in [6.45, 7) is 1.67. The van der Waals surface area contributed by atoms with Crippen LogP contribution < -0.4 is 0 Å². The Bertz CT molecular complexity index is 730. The van der Waals surface area contributed by atoms with Gasteiger partial charge in [-0.25, -0.2) is 12.8 Å². The molecule has 0 aliphatic rings. The van der Waals surface area contributed by atoms with Crippen molar-refractivity contribution < 1.29 is 17.3 Å². The zero-order valence-corrected chi connectivity index (χ0v) is 12.4. The Balaban J connectivity index is 2.32. The van der Waals surface area contributed by atoms with Crippen LogP contribution >= 0.6 is 11.6 Å². The van der Waals surface area contributed by atoms with E-state index in [2.05, 4.69) is 5.16 Å². The Morgan fingerprint density at radius 1 is 1.45 bits per heavy atom. The molecule has 1 heterocycles. The van der Waals surface area contributed by atoms with Crippen molar-refractivity contribution in [2.45, 2.75) is 18.4 Å². The number of hydrogen-bond acceptors (Lipinski definition) is 4. The van der Waals surface area contributed by atoms with Crippen molar-refractivity contribution in [3.63, 3.8) is 0 Å². The molecule has 108 valence electrons. The van der Waals surface area contributed by atoms with E-state index in [1.165, 1.54) is 25.2 Å². The summed E-state index contributed by atoms with van der Waals surface area (Å²) in [7, 11) is -2.66. The molecule has 0 aliphatic carbocycles. The van der Waals surface area contributed by atoms with Crippen molar-refractivity contribution in [1.29, 1.82) is 0 Å². The molecule has 1 aromatic heterocycles. The van der Waals surface area contributed by atoms with Gasteiger partial charge in [-0.3, -0.25) is 0 Å². The highest BCUT2D eigenvalue weighted by molar-refractivity contribution is 7.89. The van der Waals surface area contributed by atoms with Gasteiger partial charge in [-0.05, 0) is 19.1 Å². The second-order valence-corrected chi connectivity index (χ2v) is 6.66. The summed E-state index contributed by atoms with van der Waals surface area (Å²) < 4.78 is 44.2. The SMILES string of the molecule is Cc1cc(CN(C)S(=O)(=O)c2cccc(Cl)c2F)no1. The van der Waals surface area contributed by atoms with Crippen molar-refractivity contribution in [3.8, 4) is 0 Å². The van der Waals surface area contributed by atoms with E-state index in [0.29, 0.717) is 11.5 Å². The zero-order chi connectivity index (χ0) is 14.9. The van der Waals surface area contributed by atoms with Crippen LogP contribution in [0, 0.1) is 12.7 Å². The smallest absolute Gasteiger partial charge is 0.246 e. The second-order valence-electron chi connectivity index (χ2n) is 4.24. The molecule has 8 heteroatoms. The van der Waals surface area contributed by atoms with Crippen LogP contribution in [0.4, 0.5) is 4.39 Å². The summed E-state index contributed by atoms with van der Waals surface area (Å²) in [6.07, 6.45) is 0. The average Bonchev–Trinajstić information content (AvgIpc) is 2.78. The number of sulfonamides is 1. The third-order valence-corrected chi connectivity index (χ3v) is 4.78. The van der Waals surface area contributed by atoms with E-state index < -0.39 is 20.7 Å². The predicted octanol–water partition coefficient (Wildman–Crippen LogP) is 2.60. The van der Waals surface area contributed by atoms with Crippen LogP contribution in [0.15, 0.2) is 33.7 Å². The molecule has 1 aromatic carbocycles. The molecule has 0 bridgehead atoms. The van der Waals surface area contributed by atoms with Gasteiger partial charge in [0.1, 0.15) is 10.7 Å². The maximum absolute atomic E-state index is 13.8. The van der Waals surface area contributed by atoms with Gasteiger partial charge in [-0.2, -0.15) is 4.31 Å². The van der Waals surface area contributed by atoms with Crippen LogP contribution in [-0.4, -0.2) is 24.9 Å². The molecule has 0 radical (unpaired) electrons. The second kappa shape index (κ2) is 5.51. The molecule has 0 saturated carbocycles. The van der Waals surface area contributed by atoms with Crippen LogP contribution in [0.25, 0.3) is 0 Å². The lowest BCUT2D eigenvalue weighted by Gasteiger charge is -2.16. The Kier molecular flexibility index (Phi) is 4.12. The Labute approximate surface area is 121 Å². The third kappa shape index (κ3) is 2.84. The Hall–Kier alpha value is -1.44. The zero-order valence-electron chi connectivity index (χ0n) is 10.8. The Morgan fingerprint density at radius 3 is 2.75 bits per heavy atom. The summed E-state index contributed by atoms with van der Waals surface area (Å²) >= 11 is 5.60. The van der Waals surface area contributed by atoms with E-state index in [1.54, 1.807) is 13.0 Å². The van der Waals surface area contributed by atoms with Crippen molar-refractivity contribution >= 4 is 21.6 Å². The van der Waals surface area contributed by atoms with Gasteiger partial charge < -0.3 is 4.52 Å². The highest BCUT2D eigenvalue weighted by atomic mass is 35.5. The predicted molar refractivity (Wildman–Crippen MR) is 71.3 cm³/mol. The molecule has 0 saturated heterocycles. The summed E-state index contributed by atoms with van der Waals surface area (Å²) in [5.41, 5.74) is 0.441. The minimum atomic E-state index is -3.99. The van der Waals surface area contributed by atoms with Gasteiger partial charge in [-0.1, -0.05) is 22.8 Å². The van der Waals surface area contributed by atoms with E-state index in [9.17, 15) is 12.8 Å². The van der Waals surface area contributed by atoms with Crippen LogP contribution in [0.5, 0.6) is 0 Å². The van der Waals surface area contributed by atoms with E-state index in [0.717, 1.165) is 4.31 Å². The van der Waals surface area contributed by atoms with Crippen LogP contribution in [0.2, 0.25) is 5.02 Å². The number of aromatic nitrogens is 1.